The Bertz CT molecular complexity index is 860. The van der Waals surface area contributed by atoms with E-state index in [9.17, 15) is 4.79 Å². The van der Waals surface area contributed by atoms with Gasteiger partial charge in [0.15, 0.2) is 11.3 Å². The Hall–Kier alpha value is -2.13. The van der Waals surface area contributed by atoms with Crippen molar-refractivity contribution in [2.75, 3.05) is 66.1 Å². The summed E-state index contributed by atoms with van der Waals surface area (Å²) in [6.07, 6.45) is 0.607. The lowest BCUT2D eigenvalue weighted by molar-refractivity contribution is -0.00838. The lowest BCUT2D eigenvalue weighted by Gasteiger charge is -2.16. The van der Waals surface area contributed by atoms with Gasteiger partial charge in [-0.25, -0.2) is 4.79 Å². The molecule has 0 saturated carbocycles. The van der Waals surface area contributed by atoms with Gasteiger partial charge in [0.1, 0.15) is 13.2 Å². The molecule has 0 radical (unpaired) electrons. The van der Waals surface area contributed by atoms with Gasteiger partial charge in [0.25, 0.3) is 0 Å². The van der Waals surface area contributed by atoms with Crippen molar-refractivity contribution in [3.63, 3.8) is 0 Å². The molecule has 30 heavy (non-hydrogen) atoms. The summed E-state index contributed by atoms with van der Waals surface area (Å²) in [5.41, 5.74) is 1.60. The maximum absolute atomic E-state index is 12.4. The highest BCUT2D eigenvalue weighted by atomic mass is 16.6. The summed E-state index contributed by atoms with van der Waals surface area (Å²) in [7, 11) is 0. The number of aryl methyl sites for hydroxylation is 1. The lowest BCUT2D eigenvalue weighted by Crippen LogP contribution is -2.16. The normalized spacial score (nSPS) is 17.9. The Morgan fingerprint density at radius 3 is 1.87 bits per heavy atom. The van der Waals surface area contributed by atoms with E-state index < -0.39 is 0 Å². The first-order valence-corrected chi connectivity index (χ1v) is 10.4. The number of hydrogen-bond donors (Lipinski definition) is 0. The molecule has 0 amide bonds. The summed E-state index contributed by atoms with van der Waals surface area (Å²) in [6.45, 7) is 8.19. The predicted octanol–water partition coefficient (Wildman–Crippen LogP) is 2.50. The van der Waals surface area contributed by atoms with Gasteiger partial charge in [0.2, 0.25) is 5.75 Å². The zero-order chi connectivity index (χ0) is 21.2. The molecule has 0 N–H and O–H groups in total. The fourth-order valence-electron chi connectivity index (χ4n) is 3.25. The molecule has 0 bridgehead atoms. The molecule has 8 heteroatoms. The topological polar surface area (TPSA) is 85.6 Å². The Balaban J connectivity index is 1.82. The zero-order valence-electron chi connectivity index (χ0n) is 17.7. The minimum Gasteiger partial charge on any atom is -0.487 e. The average Bonchev–Trinajstić information content (AvgIpc) is 2.74. The SMILES string of the molecule is CCc1c(C)c2ccc3c(c2oc1=O)OCCOCCOCCOCCOCCO3. The van der Waals surface area contributed by atoms with E-state index in [2.05, 4.69) is 0 Å². The number of rotatable bonds is 1. The first-order valence-electron chi connectivity index (χ1n) is 10.4. The summed E-state index contributed by atoms with van der Waals surface area (Å²) in [5.74, 6) is 0.901. The van der Waals surface area contributed by atoms with Gasteiger partial charge < -0.3 is 32.8 Å². The van der Waals surface area contributed by atoms with Crippen LogP contribution in [0.2, 0.25) is 0 Å². The van der Waals surface area contributed by atoms with E-state index >= 15 is 0 Å². The van der Waals surface area contributed by atoms with Gasteiger partial charge in [-0.3, -0.25) is 0 Å². The number of ether oxygens (including phenoxy) is 6. The van der Waals surface area contributed by atoms with Crippen molar-refractivity contribution in [1.82, 2.24) is 0 Å². The highest BCUT2D eigenvalue weighted by molar-refractivity contribution is 5.88. The molecule has 8 nitrogen and oxygen atoms in total. The van der Waals surface area contributed by atoms with E-state index in [-0.39, 0.29) is 12.2 Å². The van der Waals surface area contributed by atoms with Crippen molar-refractivity contribution >= 4 is 11.0 Å². The van der Waals surface area contributed by atoms with Crippen LogP contribution < -0.4 is 15.1 Å². The van der Waals surface area contributed by atoms with Crippen molar-refractivity contribution in [1.29, 1.82) is 0 Å². The Morgan fingerprint density at radius 1 is 0.767 bits per heavy atom. The molecule has 0 unspecified atom stereocenters. The van der Waals surface area contributed by atoms with Crippen LogP contribution in [-0.2, 0) is 25.4 Å². The lowest BCUT2D eigenvalue weighted by atomic mass is 10.0. The number of fused-ring (bicyclic) bond motifs is 3. The van der Waals surface area contributed by atoms with Crippen LogP contribution in [0.3, 0.4) is 0 Å². The summed E-state index contributed by atoms with van der Waals surface area (Å²) in [4.78, 5) is 12.4. The van der Waals surface area contributed by atoms with E-state index in [0.717, 1.165) is 10.9 Å². The molecule has 0 saturated heterocycles. The maximum Gasteiger partial charge on any atom is 0.339 e. The standard InChI is InChI=1S/C22H30O8/c1-3-17-16(2)18-4-5-19-21(20(18)30-22(17)23)29-15-13-27-11-9-25-7-6-24-8-10-26-12-14-28-19/h4-5H,3,6-15H2,1-2H3. The fraction of sp³-hybridized carbons (Fsp3) is 0.591. The van der Waals surface area contributed by atoms with Crippen LogP contribution in [0.5, 0.6) is 11.5 Å². The molecule has 0 spiro atoms. The van der Waals surface area contributed by atoms with E-state index in [1.54, 1.807) is 0 Å². The van der Waals surface area contributed by atoms with Gasteiger partial charge in [-0.2, -0.15) is 0 Å². The number of hydrogen-bond acceptors (Lipinski definition) is 8. The summed E-state index contributed by atoms with van der Waals surface area (Å²) >= 11 is 0. The second kappa shape index (κ2) is 11.9. The third-order valence-electron chi connectivity index (χ3n) is 4.80. The maximum atomic E-state index is 12.4. The van der Waals surface area contributed by atoms with E-state index in [4.69, 9.17) is 32.8 Å². The highest BCUT2D eigenvalue weighted by Gasteiger charge is 2.18. The van der Waals surface area contributed by atoms with Crippen molar-refractivity contribution in [2.24, 2.45) is 0 Å². The van der Waals surface area contributed by atoms with Crippen molar-refractivity contribution in [3.05, 3.63) is 33.7 Å². The molecule has 0 atom stereocenters. The van der Waals surface area contributed by atoms with Gasteiger partial charge in [0.05, 0.1) is 52.9 Å². The summed E-state index contributed by atoms with van der Waals surface area (Å²) in [6, 6.07) is 3.73. The van der Waals surface area contributed by atoms with Gasteiger partial charge in [-0.1, -0.05) is 6.92 Å². The molecule has 0 aliphatic carbocycles. The smallest absolute Gasteiger partial charge is 0.339 e. The molecular formula is C22H30O8. The average molecular weight is 422 g/mol. The van der Waals surface area contributed by atoms with Crippen LogP contribution in [0.4, 0.5) is 0 Å². The van der Waals surface area contributed by atoms with E-state index in [1.807, 2.05) is 26.0 Å². The molecule has 1 aliphatic rings. The minimum absolute atomic E-state index is 0.285. The third-order valence-corrected chi connectivity index (χ3v) is 4.80. The van der Waals surface area contributed by atoms with Gasteiger partial charge in [0, 0.05) is 10.9 Å². The molecule has 3 rings (SSSR count). The predicted molar refractivity (Wildman–Crippen MR) is 111 cm³/mol. The Morgan fingerprint density at radius 2 is 1.30 bits per heavy atom. The second-order valence-electron chi connectivity index (χ2n) is 6.76. The van der Waals surface area contributed by atoms with Crippen molar-refractivity contribution in [3.8, 4) is 11.5 Å². The molecule has 0 fully saturated rings. The van der Waals surface area contributed by atoms with Crippen LogP contribution in [0.15, 0.2) is 21.3 Å². The summed E-state index contributed by atoms with van der Waals surface area (Å²) < 4.78 is 39.4. The zero-order valence-corrected chi connectivity index (χ0v) is 17.7. The molecule has 166 valence electrons. The first-order chi connectivity index (χ1) is 14.7. The van der Waals surface area contributed by atoms with Crippen LogP contribution in [0.1, 0.15) is 18.1 Å². The van der Waals surface area contributed by atoms with Gasteiger partial charge in [-0.15, -0.1) is 0 Å². The monoisotopic (exact) mass is 422 g/mol. The van der Waals surface area contributed by atoms with Crippen LogP contribution in [0, 0.1) is 6.92 Å². The van der Waals surface area contributed by atoms with Crippen LogP contribution >= 0.6 is 0 Å². The molecule has 1 aromatic carbocycles. The quantitative estimate of drug-likeness (QED) is 0.648. The fourth-order valence-corrected chi connectivity index (χ4v) is 3.25. The second-order valence-corrected chi connectivity index (χ2v) is 6.76. The van der Waals surface area contributed by atoms with E-state index in [1.165, 1.54) is 0 Å². The largest absolute Gasteiger partial charge is 0.487 e. The molecule has 1 aromatic heterocycles. The summed E-state index contributed by atoms with van der Waals surface area (Å²) in [5, 5.41) is 0.832. The molecular weight excluding hydrogens is 392 g/mol. The van der Waals surface area contributed by atoms with E-state index in [0.29, 0.717) is 88.5 Å². The molecule has 2 heterocycles. The molecule has 1 aliphatic heterocycles. The van der Waals surface area contributed by atoms with Gasteiger partial charge in [-0.05, 0) is 31.0 Å². The van der Waals surface area contributed by atoms with Crippen molar-refractivity contribution < 1.29 is 32.8 Å². The third kappa shape index (κ3) is 5.95. The number of benzene rings is 1. The molecule has 2 aromatic rings. The Labute approximate surface area is 175 Å². The first kappa shape index (κ1) is 22.6. The van der Waals surface area contributed by atoms with Gasteiger partial charge >= 0.3 is 5.63 Å². The van der Waals surface area contributed by atoms with Crippen molar-refractivity contribution in [2.45, 2.75) is 20.3 Å². The highest BCUT2D eigenvalue weighted by Crippen LogP contribution is 2.37. The van der Waals surface area contributed by atoms with Crippen LogP contribution in [-0.4, -0.2) is 66.1 Å². The van der Waals surface area contributed by atoms with Crippen LogP contribution in [0.25, 0.3) is 11.0 Å². The Kier molecular flexibility index (Phi) is 8.95. The minimum atomic E-state index is -0.351.